The van der Waals surface area contributed by atoms with Crippen LogP contribution in [0.4, 0.5) is 11.6 Å². The third-order valence-electron chi connectivity index (χ3n) is 9.68. The number of phenols is 1. The molecular formula is C35H39N5O7S2. The second kappa shape index (κ2) is 13.0. The first-order chi connectivity index (χ1) is 23.5. The fourth-order valence-electron chi connectivity index (χ4n) is 6.87. The molecule has 4 atom stereocenters. The van der Waals surface area contributed by atoms with Gasteiger partial charge in [-0.15, -0.1) is 0 Å². The average molecular weight is 706 g/mol. The summed E-state index contributed by atoms with van der Waals surface area (Å²) in [4.78, 5) is 36.0. The van der Waals surface area contributed by atoms with Crippen LogP contribution in [0.2, 0.25) is 0 Å². The molecule has 0 aliphatic carbocycles. The molecule has 4 aromatic rings. The number of aromatic hydroxyl groups is 1. The number of nitrogens with zero attached hydrogens (tertiary/aromatic N) is 2. The molecule has 6 N–H and O–H groups in total. The Bertz CT molecular complexity index is 2010. The SMILES string of the molecule is CNCCC12OC1CCc1cc(N)nc(c1)-c1ccnc(N)c1CSSCCC1(C)Oc3cc4oc(C)cc(=O)c4c(O)c3CC1OC2=O. The summed E-state index contributed by atoms with van der Waals surface area (Å²) in [6.07, 6.45) is 2.74. The molecule has 49 heavy (non-hydrogen) atoms. The molecule has 3 aliphatic heterocycles. The number of aryl methyl sites for hydroxylation is 2. The van der Waals surface area contributed by atoms with Crippen LogP contribution in [-0.4, -0.2) is 63.8 Å². The number of phenolic OH excluding ortho intramolecular Hbond substituents is 1. The Morgan fingerprint density at radius 2 is 1.96 bits per heavy atom. The first-order valence-electron chi connectivity index (χ1n) is 16.3. The van der Waals surface area contributed by atoms with E-state index in [0.29, 0.717) is 72.4 Å². The number of rotatable bonds is 3. The van der Waals surface area contributed by atoms with E-state index in [9.17, 15) is 14.7 Å². The van der Waals surface area contributed by atoms with Crippen molar-refractivity contribution in [1.29, 1.82) is 0 Å². The van der Waals surface area contributed by atoms with E-state index in [1.165, 1.54) is 6.07 Å². The zero-order valence-corrected chi connectivity index (χ0v) is 29.2. The lowest BCUT2D eigenvalue weighted by Gasteiger charge is -2.42. The Balaban J connectivity index is 1.26. The van der Waals surface area contributed by atoms with Crippen LogP contribution in [0.25, 0.3) is 22.2 Å². The van der Waals surface area contributed by atoms with Crippen molar-refractivity contribution >= 4 is 50.2 Å². The molecule has 3 aromatic heterocycles. The van der Waals surface area contributed by atoms with Gasteiger partial charge in [-0.1, -0.05) is 21.6 Å². The number of fused-ring (bicyclic) bond motifs is 8. The monoisotopic (exact) mass is 705 g/mol. The van der Waals surface area contributed by atoms with E-state index in [4.69, 9.17) is 30.1 Å². The average Bonchev–Trinajstić information content (AvgIpc) is 3.77. The third kappa shape index (κ3) is 6.31. The lowest BCUT2D eigenvalue weighted by atomic mass is 9.86. The molecule has 0 amide bonds. The number of carbonyl (C=O) groups excluding carboxylic acids is 1. The second-order valence-corrected chi connectivity index (χ2v) is 15.6. The number of ether oxygens (including phenoxy) is 3. The molecular weight excluding hydrogens is 667 g/mol. The number of epoxide rings is 1. The highest BCUT2D eigenvalue weighted by Crippen LogP contribution is 2.48. The van der Waals surface area contributed by atoms with Crippen LogP contribution in [0.15, 0.2) is 45.7 Å². The van der Waals surface area contributed by atoms with E-state index in [-0.39, 0.29) is 34.7 Å². The van der Waals surface area contributed by atoms with Gasteiger partial charge in [-0.2, -0.15) is 0 Å². The Morgan fingerprint density at radius 1 is 1.12 bits per heavy atom. The smallest absolute Gasteiger partial charge is 0.341 e. The molecule has 258 valence electrons. The largest absolute Gasteiger partial charge is 0.507 e. The van der Waals surface area contributed by atoms with Gasteiger partial charge in [0.2, 0.25) is 0 Å². The van der Waals surface area contributed by atoms with Gasteiger partial charge < -0.3 is 40.5 Å². The van der Waals surface area contributed by atoms with Crippen LogP contribution in [-0.2, 0) is 32.9 Å². The number of aromatic nitrogens is 2. The molecule has 0 radical (unpaired) electrons. The molecule has 6 heterocycles. The van der Waals surface area contributed by atoms with Gasteiger partial charge in [0.25, 0.3) is 0 Å². The van der Waals surface area contributed by atoms with E-state index >= 15 is 0 Å². The first kappa shape index (κ1) is 33.5. The minimum absolute atomic E-state index is 0.0695. The van der Waals surface area contributed by atoms with E-state index in [2.05, 4.69) is 15.3 Å². The van der Waals surface area contributed by atoms with Crippen LogP contribution >= 0.6 is 21.6 Å². The number of carbonyl (C=O) groups is 1. The number of pyridine rings is 2. The van der Waals surface area contributed by atoms with Gasteiger partial charge in [-0.3, -0.25) is 4.79 Å². The van der Waals surface area contributed by atoms with Gasteiger partial charge in [0.1, 0.15) is 51.6 Å². The summed E-state index contributed by atoms with van der Waals surface area (Å²) in [5.41, 5.74) is 14.2. The molecule has 4 unspecified atom stereocenters. The number of nitrogens with two attached hydrogens (primary N) is 2. The van der Waals surface area contributed by atoms with Gasteiger partial charge in [0.05, 0.1) is 11.8 Å². The minimum Gasteiger partial charge on any atom is -0.507 e. The maximum atomic E-state index is 14.2. The van der Waals surface area contributed by atoms with Crippen LogP contribution in [0, 0.1) is 6.92 Å². The lowest BCUT2D eigenvalue weighted by molar-refractivity contribution is -0.169. The van der Waals surface area contributed by atoms with E-state index in [0.717, 1.165) is 22.4 Å². The van der Waals surface area contributed by atoms with Crippen LogP contribution in [0.5, 0.6) is 11.5 Å². The van der Waals surface area contributed by atoms with Crippen LogP contribution in [0.3, 0.4) is 0 Å². The standard InChI is InChI=1S/C35H39N5O7S2/c1-18-12-24(41)30-26(44-18)16-25-21(31(30)42)15-28-34(2,46-25)8-11-48-49-17-22-20(6-9-39-32(22)37)23-13-19(14-29(36)40-23)4-5-27-35(47-27,7-10-38-3)33(43)45-28/h6,9,12-14,16,27-28,38,42H,4-5,7-8,10-11,15,17H2,1-3H3,(H2,36,40)(H2,37,39). The van der Waals surface area contributed by atoms with Crippen molar-refractivity contribution < 1.29 is 28.5 Å². The Kier molecular flexibility index (Phi) is 8.92. The minimum atomic E-state index is -1.14. The van der Waals surface area contributed by atoms with Gasteiger partial charge in [-0.05, 0) is 64.0 Å². The maximum absolute atomic E-state index is 14.2. The summed E-state index contributed by atoms with van der Waals surface area (Å²) >= 11 is 0. The highest BCUT2D eigenvalue weighted by Gasteiger charge is 2.63. The predicted octanol–water partition coefficient (Wildman–Crippen LogP) is 4.70. The summed E-state index contributed by atoms with van der Waals surface area (Å²) in [5.74, 6) is 2.15. The highest BCUT2D eigenvalue weighted by atomic mass is 33.1. The van der Waals surface area contributed by atoms with Crippen molar-refractivity contribution in [3.05, 3.63) is 69.2 Å². The van der Waals surface area contributed by atoms with Crippen molar-refractivity contribution in [1.82, 2.24) is 15.3 Å². The Hall–Kier alpha value is -3.98. The summed E-state index contributed by atoms with van der Waals surface area (Å²) in [6, 6.07) is 8.74. The predicted molar refractivity (Wildman–Crippen MR) is 191 cm³/mol. The molecule has 3 aliphatic rings. The third-order valence-corrected chi connectivity index (χ3v) is 12.0. The maximum Gasteiger partial charge on any atom is 0.341 e. The van der Waals surface area contributed by atoms with Crippen molar-refractivity contribution in [2.45, 2.75) is 75.1 Å². The summed E-state index contributed by atoms with van der Waals surface area (Å²) in [5, 5.41) is 14.5. The molecule has 7 rings (SSSR count). The number of benzene rings is 1. The summed E-state index contributed by atoms with van der Waals surface area (Å²) < 4.78 is 25.0. The van der Waals surface area contributed by atoms with Crippen molar-refractivity contribution in [2.75, 3.05) is 30.8 Å². The first-order valence-corrected chi connectivity index (χ1v) is 18.8. The zero-order valence-electron chi connectivity index (χ0n) is 27.5. The number of nitrogens with one attached hydrogen (secondary N) is 1. The lowest BCUT2D eigenvalue weighted by Crippen LogP contribution is -2.53. The van der Waals surface area contributed by atoms with Crippen molar-refractivity contribution in [3.8, 4) is 22.8 Å². The number of hydrogen-bond donors (Lipinski definition) is 4. The van der Waals surface area contributed by atoms with Crippen LogP contribution < -0.4 is 26.9 Å². The van der Waals surface area contributed by atoms with E-state index < -0.39 is 23.3 Å². The van der Waals surface area contributed by atoms with Gasteiger partial charge in [0, 0.05) is 65.8 Å². The Labute approximate surface area is 291 Å². The van der Waals surface area contributed by atoms with E-state index in [1.807, 2.05) is 32.2 Å². The molecule has 12 nitrogen and oxygen atoms in total. The fourth-order valence-corrected chi connectivity index (χ4v) is 9.19. The fraction of sp³-hybridized carbons (Fsp3) is 0.429. The molecule has 0 spiro atoms. The van der Waals surface area contributed by atoms with Crippen LogP contribution in [0.1, 0.15) is 48.6 Å². The second-order valence-electron chi connectivity index (χ2n) is 13.0. The molecule has 1 fully saturated rings. The number of anilines is 2. The normalized spacial score (nSPS) is 25.4. The Morgan fingerprint density at radius 3 is 2.78 bits per heavy atom. The van der Waals surface area contributed by atoms with Crippen molar-refractivity contribution in [2.24, 2.45) is 0 Å². The highest BCUT2D eigenvalue weighted by molar-refractivity contribution is 8.76. The molecule has 2 bridgehead atoms. The summed E-state index contributed by atoms with van der Waals surface area (Å²) in [7, 11) is 5.09. The number of hydrogen-bond acceptors (Lipinski definition) is 14. The topological polar surface area (TPSA) is 188 Å². The van der Waals surface area contributed by atoms with E-state index in [1.54, 1.807) is 40.8 Å². The van der Waals surface area contributed by atoms with Gasteiger partial charge in [-0.25, -0.2) is 14.8 Å². The van der Waals surface area contributed by atoms with Crippen molar-refractivity contribution in [3.63, 3.8) is 0 Å². The number of esters is 1. The molecule has 1 aromatic carbocycles. The van der Waals surface area contributed by atoms with Gasteiger partial charge >= 0.3 is 5.97 Å². The summed E-state index contributed by atoms with van der Waals surface area (Å²) in [6.45, 7) is 4.13. The zero-order chi connectivity index (χ0) is 34.5. The molecule has 1 saturated heterocycles. The van der Waals surface area contributed by atoms with Gasteiger partial charge in [0.15, 0.2) is 11.0 Å². The molecule has 0 saturated carbocycles. The molecule has 14 heteroatoms. The number of nitrogen functional groups attached to an aromatic ring is 2. The quantitative estimate of drug-likeness (QED) is 0.130.